The van der Waals surface area contributed by atoms with E-state index in [2.05, 4.69) is 30.8 Å². The fraction of sp³-hybridized carbons (Fsp3) is 0.800. The smallest absolute Gasteiger partial charge is 0.162 e. The van der Waals surface area contributed by atoms with E-state index in [1.807, 2.05) is 4.68 Å². The minimum Gasteiger partial charge on any atom is -0.493 e. The molecule has 5 nitrogen and oxygen atoms in total. The van der Waals surface area contributed by atoms with Crippen molar-refractivity contribution in [2.45, 2.75) is 58.2 Å². The van der Waals surface area contributed by atoms with Gasteiger partial charge in [0, 0.05) is 25.7 Å². The normalized spacial score (nSPS) is 19.5. The van der Waals surface area contributed by atoms with Gasteiger partial charge in [-0.1, -0.05) is 6.92 Å². The van der Waals surface area contributed by atoms with E-state index in [4.69, 9.17) is 4.74 Å². The fourth-order valence-corrected chi connectivity index (χ4v) is 3.02. The van der Waals surface area contributed by atoms with Crippen molar-refractivity contribution >= 4 is 0 Å². The van der Waals surface area contributed by atoms with Crippen LogP contribution in [0.5, 0.6) is 5.75 Å². The Labute approximate surface area is 121 Å². The van der Waals surface area contributed by atoms with Crippen molar-refractivity contribution in [3.05, 3.63) is 11.9 Å². The quantitative estimate of drug-likeness (QED) is 0.897. The van der Waals surface area contributed by atoms with Crippen LogP contribution in [0.4, 0.5) is 0 Å². The highest BCUT2D eigenvalue weighted by Gasteiger charge is 2.39. The molecule has 1 aliphatic heterocycles. The van der Waals surface area contributed by atoms with Gasteiger partial charge in [-0.3, -0.25) is 4.68 Å². The van der Waals surface area contributed by atoms with Crippen LogP contribution in [0, 0.1) is 0 Å². The molecule has 1 aromatic rings. The Kier molecular flexibility index (Phi) is 4.70. The maximum absolute atomic E-state index is 11.1. The molecule has 1 saturated heterocycles. The average molecular weight is 281 g/mol. The molecule has 114 valence electrons. The lowest BCUT2D eigenvalue weighted by atomic mass is 9.87. The second-order valence-electron chi connectivity index (χ2n) is 5.95. The second-order valence-corrected chi connectivity index (χ2v) is 5.95. The van der Waals surface area contributed by atoms with Crippen molar-refractivity contribution in [1.29, 1.82) is 0 Å². The van der Waals surface area contributed by atoms with Gasteiger partial charge in [-0.2, -0.15) is 5.10 Å². The van der Waals surface area contributed by atoms with E-state index in [-0.39, 0.29) is 0 Å². The van der Waals surface area contributed by atoms with Gasteiger partial charge in [0.2, 0.25) is 0 Å². The molecule has 0 spiro atoms. The summed E-state index contributed by atoms with van der Waals surface area (Å²) in [5.41, 5.74) is 0.0350. The van der Waals surface area contributed by atoms with Crippen LogP contribution < -0.4 is 4.74 Å². The number of methoxy groups -OCH3 is 1. The largest absolute Gasteiger partial charge is 0.493 e. The first-order valence-corrected chi connectivity index (χ1v) is 7.58. The maximum atomic E-state index is 11.1. The third-order valence-corrected chi connectivity index (χ3v) is 4.26. The third kappa shape index (κ3) is 2.83. The van der Waals surface area contributed by atoms with Crippen LogP contribution in [0.25, 0.3) is 0 Å². The summed E-state index contributed by atoms with van der Waals surface area (Å²) in [5, 5.41) is 15.5. The van der Waals surface area contributed by atoms with Crippen molar-refractivity contribution in [3.63, 3.8) is 0 Å². The minimum atomic E-state index is -0.817. The Morgan fingerprint density at radius 2 is 2.05 bits per heavy atom. The van der Waals surface area contributed by atoms with E-state index in [0.717, 1.165) is 44.6 Å². The molecule has 20 heavy (non-hydrogen) atoms. The Balaban J connectivity index is 2.24. The van der Waals surface area contributed by atoms with E-state index < -0.39 is 5.60 Å². The van der Waals surface area contributed by atoms with Crippen LogP contribution in [-0.4, -0.2) is 46.0 Å². The highest BCUT2D eigenvalue weighted by Crippen LogP contribution is 2.38. The minimum absolute atomic E-state index is 0.530. The molecule has 2 rings (SSSR count). The lowest BCUT2D eigenvalue weighted by molar-refractivity contribution is -0.0403. The van der Waals surface area contributed by atoms with Crippen LogP contribution in [0.15, 0.2) is 6.20 Å². The SMILES string of the molecule is CCCn1ncc(OC)c1C1(O)CCN(C(C)C)CC1. The molecule has 0 amide bonds. The summed E-state index contributed by atoms with van der Waals surface area (Å²) < 4.78 is 7.31. The number of piperidine rings is 1. The first-order valence-electron chi connectivity index (χ1n) is 7.58. The van der Waals surface area contributed by atoms with Gasteiger partial charge in [0.05, 0.1) is 13.3 Å². The summed E-state index contributed by atoms with van der Waals surface area (Å²) >= 11 is 0. The molecule has 1 N–H and O–H groups in total. The molecular formula is C15H27N3O2. The summed E-state index contributed by atoms with van der Waals surface area (Å²) in [4.78, 5) is 2.40. The summed E-state index contributed by atoms with van der Waals surface area (Å²) in [7, 11) is 1.64. The van der Waals surface area contributed by atoms with Gasteiger partial charge in [-0.25, -0.2) is 0 Å². The van der Waals surface area contributed by atoms with E-state index in [0.29, 0.717) is 11.8 Å². The highest BCUT2D eigenvalue weighted by molar-refractivity contribution is 5.31. The number of ether oxygens (including phenoxy) is 1. The Morgan fingerprint density at radius 3 is 2.55 bits per heavy atom. The zero-order valence-electron chi connectivity index (χ0n) is 13.1. The number of hydrogen-bond acceptors (Lipinski definition) is 4. The lowest BCUT2D eigenvalue weighted by Gasteiger charge is -2.40. The first kappa shape index (κ1) is 15.3. The predicted octanol–water partition coefficient (Wildman–Crippen LogP) is 1.99. The van der Waals surface area contributed by atoms with E-state index in [1.54, 1.807) is 13.3 Å². The van der Waals surface area contributed by atoms with Crippen molar-refractivity contribution in [3.8, 4) is 5.75 Å². The Bertz CT molecular complexity index is 434. The van der Waals surface area contributed by atoms with E-state index in [9.17, 15) is 5.11 Å². The van der Waals surface area contributed by atoms with Gasteiger partial charge in [-0.05, 0) is 33.1 Å². The monoisotopic (exact) mass is 281 g/mol. The lowest BCUT2D eigenvalue weighted by Crippen LogP contribution is -2.46. The zero-order chi connectivity index (χ0) is 14.8. The molecular weight excluding hydrogens is 254 g/mol. The molecule has 0 saturated carbocycles. The number of nitrogens with zero attached hydrogens (tertiary/aromatic N) is 3. The number of hydrogen-bond donors (Lipinski definition) is 1. The number of rotatable bonds is 5. The standard InChI is InChI=1S/C15H27N3O2/c1-5-8-18-14(13(20-4)11-16-18)15(19)6-9-17(10-7-15)12(2)3/h11-12,19H,5-10H2,1-4H3. The van der Waals surface area contributed by atoms with E-state index in [1.165, 1.54) is 0 Å². The van der Waals surface area contributed by atoms with Crippen LogP contribution in [0.1, 0.15) is 45.7 Å². The number of aromatic nitrogens is 2. The molecule has 0 aliphatic carbocycles. The average Bonchev–Trinajstić information content (AvgIpc) is 2.83. The molecule has 0 aromatic carbocycles. The number of likely N-dealkylation sites (tertiary alicyclic amines) is 1. The summed E-state index contributed by atoms with van der Waals surface area (Å²) in [6.07, 6.45) is 4.18. The van der Waals surface area contributed by atoms with Gasteiger partial charge >= 0.3 is 0 Å². The predicted molar refractivity (Wildman–Crippen MR) is 78.9 cm³/mol. The van der Waals surface area contributed by atoms with Crippen molar-refractivity contribution in [1.82, 2.24) is 14.7 Å². The maximum Gasteiger partial charge on any atom is 0.162 e. The fourth-order valence-electron chi connectivity index (χ4n) is 3.02. The van der Waals surface area contributed by atoms with Gasteiger partial charge in [0.15, 0.2) is 5.75 Å². The van der Waals surface area contributed by atoms with Crippen LogP contribution in [-0.2, 0) is 12.1 Å². The van der Waals surface area contributed by atoms with Crippen LogP contribution in [0.3, 0.4) is 0 Å². The van der Waals surface area contributed by atoms with Gasteiger partial charge in [0.25, 0.3) is 0 Å². The molecule has 0 atom stereocenters. The second kappa shape index (κ2) is 6.14. The molecule has 0 bridgehead atoms. The van der Waals surface area contributed by atoms with Crippen molar-refractivity contribution < 1.29 is 9.84 Å². The Hall–Kier alpha value is -1.07. The number of aliphatic hydroxyl groups is 1. The van der Waals surface area contributed by atoms with Crippen molar-refractivity contribution in [2.24, 2.45) is 0 Å². The molecule has 1 aromatic heterocycles. The van der Waals surface area contributed by atoms with Gasteiger partial charge in [-0.15, -0.1) is 0 Å². The Morgan fingerprint density at radius 1 is 1.40 bits per heavy atom. The topological polar surface area (TPSA) is 50.5 Å². The third-order valence-electron chi connectivity index (χ3n) is 4.26. The van der Waals surface area contributed by atoms with Crippen LogP contribution >= 0.6 is 0 Å². The van der Waals surface area contributed by atoms with E-state index >= 15 is 0 Å². The van der Waals surface area contributed by atoms with Gasteiger partial charge in [0.1, 0.15) is 11.3 Å². The summed E-state index contributed by atoms with van der Waals surface area (Å²) in [6, 6.07) is 0.530. The molecule has 2 heterocycles. The zero-order valence-corrected chi connectivity index (χ0v) is 13.1. The molecule has 1 aliphatic rings. The van der Waals surface area contributed by atoms with Crippen LogP contribution in [0.2, 0.25) is 0 Å². The molecule has 0 radical (unpaired) electrons. The van der Waals surface area contributed by atoms with Gasteiger partial charge < -0.3 is 14.7 Å². The molecule has 1 fully saturated rings. The first-order chi connectivity index (χ1) is 9.51. The highest BCUT2D eigenvalue weighted by atomic mass is 16.5. The summed E-state index contributed by atoms with van der Waals surface area (Å²) in [5.74, 6) is 0.707. The number of aryl methyl sites for hydroxylation is 1. The van der Waals surface area contributed by atoms with Crippen molar-refractivity contribution in [2.75, 3.05) is 20.2 Å². The summed E-state index contributed by atoms with van der Waals surface area (Å²) in [6.45, 7) is 9.15. The molecule has 0 unspecified atom stereocenters. The molecule has 5 heteroatoms.